The molecule has 6 nitrogen and oxygen atoms in total. The van der Waals surface area contributed by atoms with Crippen LogP contribution in [0.2, 0.25) is 0 Å². The largest absolute Gasteiger partial charge is 0.493 e. The van der Waals surface area contributed by atoms with E-state index in [-0.39, 0.29) is 19.0 Å². The number of nitriles is 1. The molecule has 0 saturated carbocycles. The summed E-state index contributed by atoms with van der Waals surface area (Å²) < 4.78 is 15.0. The van der Waals surface area contributed by atoms with E-state index in [1.807, 2.05) is 6.07 Å². The van der Waals surface area contributed by atoms with Crippen molar-refractivity contribution in [2.75, 3.05) is 20.3 Å². The molecule has 0 amide bonds. The van der Waals surface area contributed by atoms with Crippen molar-refractivity contribution in [1.82, 2.24) is 0 Å². The van der Waals surface area contributed by atoms with Gasteiger partial charge >= 0.3 is 5.97 Å². The Morgan fingerprint density at radius 3 is 2.71 bits per heavy atom. The third-order valence-corrected chi connectivity index (χ3v) is 2.31. The molecular weight excluding hydrogens is 274 g/mol. The Morgan fingerprint density at radius 2 is 2.10 bits per heavy atom. The van der Waals surface area contributed by atoms with Crippen LogP contribution in [0.25, 0.3) is 6.08 Å². The van der Waals surface area contributed by atoms with Gasteiger partial charge in [-0.25, -0.2) is 4.79 Å². The summed E-state index contributed by atoms with van der Waals surface area (Å²) in [6.07, 6.45) is 2.74. The van der Waals surface area contributed by atoms with Gasteiger partial charge in [0.2, 0.25) is 0 Å². The summed E-state index contributed by atoms with van der Waals surface area (Å²) in [5, 5.41) is 8.48. The van der Waals surface area contributed by atoms with Crippen molar-refractivity contribution >= 4 is 17.8 Å². The highest BCUT2D eigenvalue weighted by molar-refractivity contribution is 5.89. The van der Waals surface area contributed by atoms with Crippen LogP contribution in [0.4, 0.5) is 0 Å². The molecule has 6 heteroatoms. The zero-order chi connectivity index (χ0) is 15.7. The van der Waals surface area contributed by atoms with Gasteiger partial charge in [-0.15, -0.1) is 0 Å². The summed E-state index contributed by atoms with van der Waals surface area (Å²) in [4.78, 5) is 22.0. The predicted molar refractivity (Wildman–Crippen MR) is 74.8 cm³/mol. The van der Waals surface area contributed by atoms with Crippen molar-refractivity contribution in [3.63, 3.8) is 0 Å². The quantitative estimate of drug-likeness (QED) is 0.561. The van der Waals surface area contributed by atoms with E-state index in [4.69, 9.17) is 19.5 Å². The number of rotatable bonds is 7. The van der Waals surface area contributed by atoms with Crippen LogP contribution in [0.3, 0.4) is 0 Å². The molecule has 0 spiro atoms. The van der Waals surface area contributed by atoms with Crippen LogP contribution in [-0.4, -0.2) is 32.1 Å². The number of Topliss-reactive ketones (excluding diaryl/α,β-unsaturated/α-hetero) is 1. The minimum absolute atomic E-state index is 0.0804. The van der Waals surface area contributed by atoms with E-state index in [2.05, 4.69) is 0 Å². The lowest BCUT2D eigenvalue weighted by atomic mass is 10.2. The Bertz CT molecular complexity index is 586. The van der Waals surface area contributed by atoms with Crippen LogP contribution in [0.15, 0.2) is 24.3 Å². The molecule has 1 rings (SSSR count). The summed E-state index contributed by atoms with van der Waals surface area (Å²) >= 11 is 0. The number of hydrogen-bond acceptors (Lipinski definition) is 6. The van der Waals surface area contributed by atoms with Crippen LogP contribution in [0.1, 0.15) is 12.5 Å². The van der Waals surface area contributed by atoms with Gasteiger partial charge in [-0.1, -0.05) is 6.07 Å². The molecule has 0 atom stereocenters. The molecule has 110 valence electrons. The van der Waals surface area contributed by atoms with E-state index in [9.17, 15) is 9.59 Å². The monoisotopic (exact) mass is 289 g/mol. The van der Waals surface area contributed by atoms with Gasteiger partial charge in [0.15, 0.2) is 23.9 Å². The zero-order valence-corrected chi connectivity index (χ0v) is 11.8. The van der Waals surface area contributed by atoms with E-state index in [0.717, 1.165) is 0 Å². The topological polar surface area (TPSA) is 85.6 Å². The molecule has 1 aromatic carbocycles. The maximum Gasteiger partial charge on any atom is 0.331 e. The van der Waals surface area contributed by atoms with Gasteiger partial charge in [-0.3, -0.25) is 4.79 Å². The molecule has 0 fully saturated rings. The van der Waals surface area contributed by atoms with Crippen molar-refractivity contribution < 1.29 is 23.8 Å². The van der Waals surface area contributed by atoms with Crippen molar-refractivity contribution in [3.8, 4) is 17.6 Å². The molecule has 0 saturated heterocycles. The standard InChI is InChI=1S/C15H15NO5/c1-11(17)10-21-15(18)6-4-12-3-5-13(20-8-7-16)14(9-12)19-2/h3-6,9H,8,10H2,1-2H3. The molecule has 0 radical (unpaired) electrons. The zero-order valence-electron chi connectivity index (χ0n) is 11.8. The fourth-order valence-corrected chi connectivity index (χ4v) is 1.40. The number of methoxy groups -OCH3 is 1. The molecular formula is C15H15NO5. The molecule has 0 aliphatic heterocycles. The molecule has 1 aromatic rings. The smallest absolute Gasteiger partial charge is 0.331 e. The number of ether oxygens (including phenoxy) is 3. The van der Waals surface area contributed by atoms with Gasteiger partial charge in [0.25, 0.3) is 0 Å². The van der Waals surface area contributed by atoms with Crippen LogP contribution in [0.5, 0.6) is 11.5 Å². The Balaban J connectivity index is 2.73. The molecule has 0 aromatic heterocycles. The highest BCUT2D eigenvalue weighted by Gasteiger charge is 2.05. The average Bonchev–Trinajstić information content (AvgIpc) is 2.49. The average molecular weight is 289 g/mol. The summed E-state index contributed by atoms with van der Waals surface area (Å²) in [5.41, 5.74) is 0.691. The SMILES string of the molecule is COc1cc(C=CC(=O)OCC(C)=O)ccc1OCC#N. The first kappa shape index (κ1) is 16.2. The van der Waals surface area contributed by atoms with Gasteiger partial charge in [-0.2, -0.15) is 5.26 Å². The van der Waals surface area contributed by atoms with Crippen LogP contribution < -0.4 is 9.47 Å². The lowest BCUT2D eigenvalue weighted by molar-refractivity contribution is -0.142. The minimum atomic E-state index is -0.603. The minimum Gasteiger partial charge on any atom is -0.493 e. The number of carbonyl (C=O) groups excluding carboxylic acids is 2. The molecule has 21 heavy (non-hydrogen) atoms. The second-order valence-electron chi connectivity index (χ2n) is 4.00. The first-order chi connectivity index (χ1) is 10.1. The van der Waals surface area contributed by atoms with Crippen LogP contribution in [0, 0.1) is 11.3 Å². The number of hydrogen-bond donors (Lipinski definition) is 0. The van der Waals surface area contributed by atoms with E-state index >= 15 is 0 Å². The van der Waals surface area contributed by atoms with E-state index < -0.39 is 5.97 Å². The second-order valence-corrected chi connectivity index (χ2v) is 4.00. The molecule has 0 aliphatic carbocycles. The lowest BCUT2D eigenvalue weighted by Crippen LogP contribution is -2.08. The number of nitrogens with zero attached hydrogens (tertiary/aromatic N) is 1. The molecule has 0 N–H and O–H groups in total. The van der Waals surface area contributed by atoms with Gasteiger partial charge in [0.05, 0.1) is 7.11 Å². The van der Waals surface area contributed by atoms with Gasteiger partial charge < -0.3 is 14.2 Å². The fraction of sp³-hybridized carbons (Fsp3) is 0.267. The Labute approximate surface area is 122 Å². The predicted octanol–water partition coefficient (Wildman–Crippen LogP) is 1.74. The summed E-state index contributed by atoms with van der Waals surface area (Å²) in [5.74, 6) is 0.0613. The summed E-state index contributed by atoms with van der Waals surface area (Å²) in [6.45, 7) is 1.01. The van der Waals surface area contributed by atoms with Crippen LogP contribution in [-0.2, 0) is 14.3 Å². The highest BCUT2D eigenvalue weighted by Crippen LogP contribution is 2.28. The normalized spacial score (nSPS) is 9.95. The number of benzene rings is 1. The Hall–Kier alpha value is -2.81. The molecule has 0 bridgehead atoms. The fourth-order valence-electron chi connectivity index (χ4n) is 1.40. The van der Waals surface area contributed by atoms with E-state index in [1.54, 1.807) is 18.2 Å². The molecule has 0 aliphatic rings. The lowest BCUT2D eigenvalue weighted by Gasteiger charge is -2.08. The van der Waals surface area contributed by atoms with Gasteiger partial charge in [-0.05, 0) is 30.7 Å². The van der Waals surface area contributed by atoms with Crippen molar-refractivity contribution in [2.45, 2.75) is 6.92 Å². The van der Waals surface area contributed by atoms with Gasteiger partial charge in [0.1, 0.15) is 12.7 Å². The van der Waals surface area contributed by atoms with Crippen LogP contribution >= 0.6 is 0 Å². The second kappa shape index (κ2) is 8.38. The van der Waals surface area contributed by atoms with Crippen molar-refractivity contribution in [3.05, 3.63) is 29.8 Å². The number of carbonyl (C=O) groups is 2. The van der Waals surface area contributed by atoms with Crippen molar-refractivity contribution in [2.24, 2.45) is 0 Å². The van der Waals surface area contributed by atoms with E-state index in [1.165, 1.54) is 26.2 Å². The third kappa shape index (κ3) is 5.78. The Morgan fingerprint density at radius 1 is 1.33 bits per heavy atom. The summed E-state index contributed by atoms with van der Waals surface area (Å²) in [7, 11) is 1.48. The Kier molecular flexibility index (Phi) is 6.48. The highest BCUT2D eigenvalue weighted by atomic mass is 16.5. The third-order valence-electron chi connectivity index (χ3n) is 2.31. The molecule has 0 unspecified atom stereocenters. The molecule has 0 heterocycles. The number of esters is 1. The van der Waals surface area contributed by atoms with Crippen molar-refractivity contribution in [1.29, 1.82) is 5.26 Å². The number of ketones is 1. The first-order valence-electron chi connectivity index (χ1n) is 6.09. The first-order valence-corrected chi connectivity index (χ1v) is 6.09. The maximum atomic E-state index is 11.3. The maximum absolute atomic E-state index is 11.3. The van der Waals surface area contributed by atoms with Gasteiger partial charge in [0, 0.05) is 6.08 Å². The van der Waals surface area contributed by atoms with E-state index in [0.29, 0.717) is 17.1 Å². The summed E-state index contributed by atoms with van der Waals surface area (Å²) in [6, 6.07) is 6.85.